The molecule has 0 spiro atoms. The zero-order valence-electron chi connectivity index (χ0n) is 12.2. The highest BCUT2D eigenvalue weighted by atomic mass is 16.1. The Morgan fingerprint density at radius 2 is 1.86 bits per heavy atom. The number of aromatic nitrogens is 2. The predicted molar refractivity (Wildman–Crippen MR) is 81.1 cm³/mol. The lowest BCUT2D eigenvalue weighted by Crippen LogP contribution is -2.40. The van der Waals surface area contributed by atoms with Crippen molar-refractivity contribution in [3.8, 4) is 0 Å². The van der Waals surface area contributed by atoms with E-state index < -0.39 is 5.91 Å². The Bertz CT molecular complexity index is 693. The molecule has 3 heterocycles. The molecule has 4 rings (SSSR count). The van der Waals surface area contributed by atoms with Crippen LogP contribution in [0.2, 0.25) is 0 Å². The van der Waals surface area contributed by atoms with Crippen molar-refractivity contribution < 1.29 is 4.79 Å². The molecule has 5 nitrogen and oxygen atoms in total. The fraction of sp³-hybridized carbons (Fsp3) is 0.500. The molecule has 2 aliphatic heterocycles. The first-order chi connectivity index (χ1) is 10.1. The average molecular weight is 284 g/mol. The quantitative estimate of drug-likeness (QED) is 0.916. The molecule has 1 aromatic heterocycles. The summed E-state index contributed by atoms with van der Waals surface area (Å²) in [5.41, 5.74) is 6.92. The Morgan fingerprint density at radius 3 is 2.52 bits per heavy atom. The van der Waals surface area contributed by atoms with E-state index in [1.165, 1.54) is 12.8 Å². The van der Waals surface area contributed by atoms with Gasteiger partial charge in [0.25, 0.3) is 5.91 Å². The summed E-state index contributed by atoms with van der Waals surface area (Å²) in [6.07, 6.45) is 4.77. The number of hydrogen-bond acceptors (Lipinski definition) is 3. The van der Waals surface area contributed by atoms with Crippen LogP contribution in [0.4, 0.5) is 0 Å². The third-order valence-corrected chi connectivity index (χ3v) is 5.27. The van der Waals surface area contributed by atoms with E-state index in [9.17, 15) is 4.79 Å². The average Bonchev–Trinajstić information content (AvgIpc) is 2.93. The lowest BCUT2D eigenvalue weighted by Gasteiger charge is -2.36. The van der Waals surface area contributed by atoms with Gasteiger partial charge in [-0.1, -0.05) is 18.2 Å². The number of benzene rings is 1. The number of carbonyl (C=O) groups excluding carboxylic acids is 1. The number of nitrogens with two attached hydrogens (primary N) is 1. The largest absolute Gasteiger partial charge is 0.364 e. The van der Waals surface area contributed by atoms with E-state index in [2.05, 4.69) is 17.0 Å². The van der Waals surface area contributed by atoms with Crippen molar-refractivity contribution in [2.24, 2.45) is 5.73 Å². The molecule has 110 valence electrons. The van der Waals surface area contributed by atoms with Crippen LogP contribution in [0, 0.1) is 0 Å². The smallest absolute Gasteiger partial charge is 0.269 e. The first-order valence-electron chi connectivity index (χ1n) is 7.64. The van der Waals surface area contributed by atoms with Gasteiger partial charge in [-0.2, -0.15) is 5.10 Å². The van der Waals surface area contributed by atoms with Gasteiger partial charge in [0.05, 0.1) is 11.6 Å². The van der Waals surface area contributed by atoms with Crippen molar-refractivity contribution in [2.75, 3.05) is 7.05 Å². The van der Waals surface area contributed by atoms with Gasteiger partial charge in [-0.05, 0) is 38.8 Å². The zero-order valence-corrected chi connectivity index (χ0v) is 12.2. The Kier molecular flexibility index (Phi) is 2.79. The van der Waals surface area contributed by atoms with Gasteiger partial charge >= 0.3 is 0 Å². The summed E-state index contributed by atoms with van der Waals surface area (Å²) >= 11 is 0. The topological polar surface area (TPSA) is 64.2 Å². The van der Waals surface area contributed by atoms with Crippen LogP contribution in [0.3, 0.4) is 0 Å². The molecule has 2 unspecified atom stereocenters. The molecule has 2 fully saturated rings. The van der Waals surface area contributed by atoms with E-state index in [1.807, 2.05) is 28.9 Å². The second kappa shape index (κ2) is 4.56. The van der Waals surface area contributed by atoms with Crippen molar-refractivity contribution in [1.29, 1.82) is 0 Å². The van der Waals surface area contributed by atoms with Crippen LogP contribution in [-0.4, -0.2) is 39.7 Å². The van der Waals surface area contributed by atoms with Gasteiger partial charge in [0, 0.05) is 17.5 Å². The minimum absolute atomic E-state index is 0.372. The molecule has 21 heavy (non-hydrogen) atoms. The molecule has 1 aromatic carbocycles. The monoisotopic (exact) mass is 284 g/mol. The molecule has 2 atom stereocenters. The van der Waals surface area contributed by atoms with Crippen LogP contribution >= 0.6 is 0 Å². The lowest BCUT2D eigenvalue weighted by atomic mass is 9.98. The highest BCUT2D eigenvalue weighted by Gasteiger charge is 2.39. The van der Waals surface area contributed by atoms with E-state index in [-0.39, 0.29) is 0 Å². The first kappa shape index (κ1) is 12.8. The maximum atomic E-state index is 11.6. The summed E-state index contributed by atoms with van der Waals surface area (Å²) in [7, 11) is 2.23. The zero-order chi connectivity index (χ0) is 14.6. The molecular formula is C16H20N4O. The number of hydrogen-bond donors (Lipinski definition) is 1. The van der Waals surface area contributed by atoms with Crippen molar-refractivity contribution in [2.45, 2.75) is 43.8 Å². The standard InChI is InChI=1S/C16H20N4O/c1-19-10-6-7-11(19)9-12(8-10)20-14-5-3-2-4-13(14)15(18-20)16(17)21/h2-5,10-12H,6-9H2,1H3,(H2,17,21). The minimum Gasteiger partial charge on any atom is -0.364 e. The number of rotatable bonds is 2. The molecule has 0 saturated carbocycles. The summed E-state index contributed by atoms with van der Waals surface area (Å²) < 4.78 is 2.05. The van der Waals surface area contributed by atoms with Crippen molar-refractivity contribution in [3.63, 3.8) is 0 Å². The van der Waals surface area contributed by atoms with Crippen LogP contribution in [0.1, 0.15) is 42.2 Å². The number of fused-ring (bicyclic) bond motifs is 3. The summed E-state index contributed by atoms with van der Waals surface area (Å²) in [4.78, 5) is 14.2. The molecule has 2 aromatic rings. The summed E-state index contributed by atoms with van der Waals surface area (Å²) in [6.45, 7) is 0. The van der Waals surface area contributed by atoms with E-state index in [0.29, 0.717) is 23.8 Å². The third kappa shape index (κ3) is 1.87. The maximum absolute atomic E-state index is 11.6. The van der Waals surface area contributed by atoms with Gasteiger partial charge in [-0.3, -0.25) is 9.48 Å². The highest BCUT2D eigenvalue weighted by molar-refractivity contribution is 6.04. The summed E-state index contributed by atoms with van der Waals surface area (Å²) in [5.74, 6) is -0.444. The van der Waals surface area contributed by atoms with Crippen molar-refractivity contribution >= 4 is 16.8 Å². The number of amides is 1. The predicted octanol–water partition coefficient (Wildman–Crippen LogP) is 1.93. The SMILES string of the molecule is CN1C2CCC1CC(n1nc(C(N)=O)c3ccccc31)C2. The van der Waals surface area contributed by atoms with Gasteiger partial charge < -0.3 is 10.6 Å². The van der Waals surface area contributed by atoms with E-state index in [0.717, 1.165) is 23.7 Å². The van der Waals surface area contributed by atoms with Crippen LogP contribution in [0.25, 0.3) is 10.9 Å². The minimum atomic E-state index is -0.444. The van der Waals surface area contributed by atoms with Crippen LogP contribution in [-0.2, 0) is 0 Å². The molecule has 0 radical (unpaired) electrons. The Hall–Kier alpha value is -1.88. The normalized spacial score (nSPS) is 29.1. The maximum Gasteiger partial charge on any atom is 0.269 e. The van der Waals surface area contributed by atoms with E-state index in [1.54, 1.807) is 0 Å². The fourth-order valence-corrected chi connectivity index (χ4v) is 4.13. The van der Waals surface area contributed by atoms with Gasteiger partial charge in [0.2, 0.25) is 0 Å². The molecule has 2 aliphatic rings. The molecule has 2 saturated heterocycles. The van der Waals surface area contributed by atoms with Crippen molar-refractivity contribution in [1.82, 2.24) is 14.7 Å². The number of primary amides is 1. The Morgan fingerprint density at radius 1 is 1.19 bits per heavy atom. The Balaban J connectivity index is 1.79. The first-order valence-corrected chi connectivity index (χ1v) is 7.64. The molecular weight excluding hydrogens is 264 g/mol. The summed E-state index contributed by atoms with van der Waals surface area (Å²) in [6, 6.07) is 9.56. The number of nitrogens with zero attached hydrogens (tertiary/aromatic N) is 3. The summed E-state index contributed by atoms with van der Waals surface area (Å²) in [5, 5.41) is 5.43. The van der Waals surface area contributed by atoms with E-state index in [4.69, 9.17) is 5.73 Å². The van der Waals surface area contributed by atoms with Gasteiger partial charge in [0.15, 0.2) is 5.69 Å². The third-order valence-electron chi connectivity index (χ3n) is 5.27. The van der Waals surface area contributed by atoms with E-state index >= 15 is 0 Å². The fourth-order valence-electron chi connectivity index (χ4n) is 4.13. The van der Waals surface area contributed by atoms with Crippen LogP contribution < -0.4 is 5.73 Å². The molecule has 2 bridgehead atoms. The number of carbonyl (C=O) groups is 1. The Labute approximate surface area is 123 Å². The highest BCUT2D eigenvalue weighted by Crippen LogP contribution is 2.40. The molecule has 0 aliphatic carbocycles. The second-order valence-electron chi connectivity index (χ2n) is 6.35. The van der Waals surface area contributed by atoms with Crippen LogP contribution in [0.5, 0.6) is 0 Å². The van der Waals surface area contributed by atoms with Gasteiger partial charge in [-0.15, -0.1) is 0 Å². The molecule has 2 N–H and O–H groups in total. The van der Waals surface area contributed by atoms with Crippen molar-refractivity contribution in [3.05, 3.63) is 30.0 Å². The molecule has 1 amide bonds. The van der Waals surface area contributed by atoms with Gasteiger partial charge in [0.1, 0.15) is 0 Å². The lowest BCUT2D eigenvalue weighted by molar-refractivity contribution is 0.0993. The number of piperidine rings is 1. The molecule has 5 heteroatoms. The van der Waals surface area contributed by atoms with Crippen LogP contribution in [0.15, 0.2) is 24.3 Å². The van der Waals surface area contributed by atoms with Gasteiger partial charge in [-0.25, -0.2) is 0 Å². The number of para-hydroxylation sites is 1. The second-order valence-corrected chi connectivity index (χ2v) is 6.35.